The summed E-state index contributed by atoms with van der Waals surface area (Å²) in [5, 5.41) is 0. The molecule has 2 aromatic carbocycles. The molecule has 0 amide bonds. The van der Waals surface area contributed by atoms with Gasteiger partial charge >= 0.3 is 0 Å². The van der Waals surface area contributed by atoms with Gasteiger partial charge in [-0.05, 0) is 30.3 Å². The molecule has 2 N–H and O–H groups in total. The Morgan fingerprint density at radius 1 is 1.05 bits per heavy atom. The van der Waals surface area contributed by atoms with E-state index in [4.69, 9.17) is 5.73 Å². The molecule has 19 heavy (non-hydrogen) atoms. The van der Waals surface area contributed by atoms with E-state index < -0.39 is 11.6 Å². The van der Waals surface area contributed by atoms with Crippen molar-refractivity contribution < 1.29 is 8.78 Å². The average molecular weight is 279 g/mol. The van der Waals surface area contributed by atoms with E-state index >= 15 is 0 Å². The number of hydrogen-bond acceptors (Lipinski definition) is 2. The molecule has 0 saturated carbocycles. The predicted molar refractivity (Wildman–Crippen MR) is 75.3 cm³/mol. The summed E-state index contributed by atoms with van der Waals surface area (Å²) in [5.41, 5.74) is 6.88. The van der Waals surface area contributed by atoms with Crippen LogP contribution in [0.2, 0.25) is 0 Å². The Labute approximate surface area is 115 Å². The van der Waals surface area contributed by atoms with E-state index in [1.54, 1.807) is 0 Å². The first-order chi connectivity index (χ1) is 9.20. The van der Waals surface area contributed by atoms with E-state index in [1.165, 1.54) is 17.8 Å². The van der Waals surface area contributed by atoms with Crippen molar-refractivity contribution >= 4 is 11.8 Å². The van der Waals surface area contributed by atoms with Gasteiger partial charge < -0.3 is 5.73 Å². The SMILES string of the molecule is NCC(CSc1cc(F)ccc1F)c1ccccc1. The second-order valence-corrected chi connectivity index (χ2v) is 5.29. The molecule has 0 saturated heterocycles. The van der Waals surface area contributed by atoms with Crippen LogP contribution in [0.5, 0.6) is 0 Å². The van der Waals surface area contributed by atoms with Gasteiger partial charge in [-0.1, -0.05) is 30.3 Å². The van der Waals surface area contributed by atoms with Gasteiger partial charge in [0.05, 0.1) is 0 Å². The van der Waals surface area contributed by atoms with Crippen LogP contribution in [-0.4, -0.2) is 12.3 Å². The van der Waals surface area contributed by atoms with Crippen molar-refractivity contribution in [2.24, 2.45) is 5.73 Å². The highest BCUT2D eigenvalue weighted by Crippen LogP contribution is 2.28. The maximum absolute atomic E-state index is 13.5. The lowest BCUT2D eigenvalue weighted by molar-refractivity contribution is 0.577. The van der Waals surface area contributed by atoms with Crippen LogP contribution < -0.4 is 5.73 Å². The number of thioether (sulfide) groups is 1. The monoisotopic (exact) mass is 279 g/mol. The molecule has 1 nitrogen and oxygen atoms in total. The fraction of sp³-hybridized carbons (Fsp3) is 0.200. The fourth-order valence-electron chi connectivity index (χ4n) is 1.80. The van der Waals surface area contributed by atoms with Gasteiger partial charge in [-0.3, -0.25) is 0 Å². The van der Waals surface area contributed by atoms with Gasteiger partial charge in [0.15, 0.2) is 0 Å². The third-order valence-corrected chi connectivity index (χ3v) is 4.08. The highest BCUT2D eigenvalue weighted by Gasteiger charge is 2.12. The van der Waals surface area contributed by atoms with E-state index in [1.807, 2.05) is 30.3 Å². The minimum absolute atomic E-state index is 0.133. The molecular weight excluding hydrogens is 264 g/mol. The second-order valence-electron chi connectivity index (χ2n) is 4.23. The number of rotatable bonds is 5. The minimum atomic E-state index is -0.423. The number of nitrogens with two attached hydrogens (primary N) is 1. The molecule has 0 spiro atoms. The maximum Gasteiger partial charge on any atom is 0.136 e. The smallest absolute Gasteiger partial charge is 0.136 e. The summed E-state index contributed by atoms with van der Waals surface area (Å²) in [5.74, 6) is -0.0574. The van der Waals surface area contributed by atoms with Gasteiger partial charge in [-0.15, -0.1) is 11.8 Å². The molecule has 0 aliphatic rings. The zero-order valence-corrected chi connectivity index (χ0v) is 11.2. The van der Waals surface area contributed by atoms with Crippen molar-refractivity contribution in [2.45, 2.75) is 10.8 Å². The Hall–Kier alpha value is -1.39. The van der Waals surface area contributed by atoms with E-state index in [0.717, 1.165) is 17.7 Å². The van der Waals surface area contributed by atoms with Crippen molar-refractivity contribution in [3.05, 3.63) is 65.7 Å². The quantitative estimate of drug-likeness (QED) is 0.842. The summed E-state index contributed by atoms with van der Waals surface area (Å²) in [7, 11) is 0. The Kier molecular flexibility index (Phi) is 4.93. The van der Waals surface area contributed by atoms with Gasteiger partial charge in [0.1, 0.15) is 11.6 Å². The van der Waals surface area contributed by atoms with Crippen molar-refractivity contribution in [3.63, 3.8) is 0 Å². The molecule has 0 radical (unpaired) electrons. The molecule has 2 aromatic rings. The molecule has 0 aromatic heterocycles. The molecule has 0 bridgehead atoms. The summed E-state index contributed by atoms with van der Waals surface area (Å²) >= 11 is 1.29. The molecule has 2 rings (SSSR count). The zero-order chi connectivity index (χ0) is 13.7. The van der Waals surface area contributed by atoms with Gasteiger partial charge in [-0.2, -0.15) is 0 Å². The van der Waals surface area contributed by atoms with E-state index in [2.05, 4.69) is 0 Å². The minimum Gasteiger partial charge on any atom is -0.330 e. The Bertz CT molecular complexity index is 531. The second kappa shape index (κ2) is 6.68. The summed E-state index contributed by atoms with van der Waals surface area (Å²) in [6.07, 6.45) is 0. The molecular formula is C15H15F2NS. The lowest BCUT2D eigenvalue weighted by Gasteiger charge is -2.15. The molecule has 0 fully saturated rings. The first-order valence-electron chi connectivity index (χ1n) is 6.03. The Morgan fingerprint density at radius 3 is 2.47 bits per heavy atom. The summed E-state index contributed by atoms with van der Waals surface area (Å²) in [4.78, 5) is 0.328. The van der Waals surface area contributed by atoms with Crippen LogP contribution in [0.15, 0.2) is 53.4 Å². The van der Waals surface area contributed by atoms with Crippen LogP contribution >= 0.6 is 11.8 Å². The van der Waals surface area contributed by atoms with Crippen molar-refractivity contribution in [1.29, 1.82) is 0 Å². The molecule has 1 unspecified atom stereocenters. The van der Waals surface area contributed by atoms with E-state index in [0.29, 0.717) is 17.2 Å². The molecule has 0 heterocycles. The van der Waals surface area contributed by atoms with E-state index in [-0.39, 0.29) is 5.92 Å². The van der Waals surface area contributed by atoms with Crippen LogP contribution in [-0.2, 0) is 0 Å². The third-order valence-electron chi connectivity index (χ3n) is 2.89. The molecule has 1 atom stereocenters. The Morgan fingerprint density at radius 2 is 1.79 bits per heavy atom. The first-order valence-corrected chi connectivity index (χ1v) is 7.02. The first kappa shape index (κ1) is 14.0. The molecule has 4 heteroatoms. The molecule has 0 aliphatic carbocycles. The lowest BCUT2D eigenvalue weighted by atomic mass is 10.0. The number of halogens is 2. The van der Waals surface area contributed by atoms with Gasteiger partial charge in [-0.25, -0.2) is 8.78 Å². The van der Waals surface area contributed by atoms with Crippen LogP contribution in [0.25, 0.3) is 0 Å². The van der Waals surface area contributed by atoms with Gasteiger partial charge in [0.25, 0.3) is 0 Å². The summed E-state index contributed by atoms with van der Waals surface area (Å²) < 4.78 is 26.6. The van der Waals surface area contributed by atoms with Crippen LogP contribution in [0.3, 0.4) is 0 Å². The van der Waals surface area contributed by atoms with Crippen molar-refractivity contribution in [2.75, 3.05) is 12.3 Å². The fourth-order valence-corrected chi connectivity index (χ4v) is 2.91. The van der Waals surface area contributed by atoms with Gasteiger partial charge in [0, 0.05) is 16.6 Å². The largest absolute Gasteiger partial charge is 0.330 e. The molecule has 0 aliphatic heterocycles. The zero-order valence-electron chi connectivity index (χ0n) is 10.4. The molecule has 100 valence electrons. The van der Waals surface area contributed by atoms with Crippen LogP contribution in [0.4, 0.5) is 8.78 Å². The standard InChI is InChI=1S/C15H15F2NS/c16-13-6-7-14(17)15(8-13)19-10-12(9-18)11-4-2-1-3-5-11/h1-8,12H,9-10,18H2. The van der Waals surface area contributed by atoms with E-state index in [9.17, 15) is 8.78 Å². The van der Waals surface area contributed by atoms with Crippen molar-refractivity contribution in [1.82, 2.24) is 0 Å². The topological polar surface area (TPSA) is 26.0 Å². The predicted octanol–water partition coefficient (Wildman–Crippen LogP) is 3.80. The van der Waals surface area contributed by atoms with Crippen molar-refractivity contribution in [3.8, 4) is 0 Å². The lowest BCUT2D eigenvalue weighted by Crippen LogP contribution is -2.14. The van der Waals surface area contributed by atoms with Crippen LogP contribution in [0.1, 0.15) is 11.5 Å². The summed E-state index contributed by atoms with van der Waals surface area (Å²) in [6, 6.07) is 13.3. The number of hydrogen-bond donors (Lipinski definition) is 1. The van der Waals surface area contributed by atoms with Gasteiger partial charge in [0.2, 0.25) is 0 Å². The number of benzene rings is 2. The highest BCUT2D eigenvalue weighted by atomic mass is 32.2. The average Bonchev–Trinajstić information content (AvgIpc) is 2.44. The normalized spacial score (nSPS) is 12.4. The Balaban J connectivity index is 2.06. The van der Waals surface area contributed by atoms with Crippen LogP contribution in [0, 0.1) is 11.6 Å². The maximum atomic E-state index is 13.5. The third kappa shape index (κ3) is 3.78. The highest BCUT2D eigenvalue weighted by molar-refractivity contribution is 7.99. The summed E-state index contributed by atoms with van der Waals surface area (Å²) in [6.45, 7) is 0.480.